The van der Waals surface area contributed by atoms with Gasteiger partial charge in [0.25, 0.3) is 5.91 Å². The SMILES string of the molecule is O=C(C(O)C(O)c1nc2ccccc2s1)N1CCN(c2ccccc2Cl)CC1. The third-order valence-electron chi connectivity index (χ3n) is 4.90. The summed E-state index contributed by atoms with van der Waals surface area (Å²) in [5.74, 6) is -0.481. The van der Waals surface area contributed by atoms with E-state index in [0.717, 1.165) is 15.9 Å². The van der Waals surface area contributed by atoms with E-state index in [1.165, 1.54) is 11.3 Å². The largest absolute Gasteiger partial charge is 0.383 e. The molecule has 1 amide bonds. The van der Waals surface area contributed by atoms with Crippen molar-refractivity contribution in [3.05, 3.63) is 58.6 Å². The molecule has 1 aliphatic heterocycles. The number of benzene rings is 2. The van der Waals surface area contributed by atoms with Crippen LogP contribution < -0.4 is 4.90 Å². The third kappa shape index (κ3) is 3.71. The van der Waals surface area contributed by atoms with E-state index in [9.17, 15) is 15.0 Å². The number of aromatic nitrogens is 1. The third-order valence-corrected chi connectivity index (χ3v) is 6.33. The van der Waals surface area contributed by atoms with Gasteiger partial charge in [-0.05, 0) is 24.3 Å². The Morgan fingerprint density at radius 3 is 2.43 bits per heavy atom. The number of piperazine rings is 1. The Morgan fingerprint density at radius 2 is 1.71 bits per heavy atom. The number of carbonyl (C=O) groups is 1. The van der Waals surface area contributed by atoms with Gasteiger partial charge in [0.15, 0.2) is 6.10 Å². The smallest absolute Gasteiger partial charge is 0.254 e. The van der Waals surface area contributed by atoms with Gasteiger partial charge in [-0.2, -0.15) is 0 Å². The first-order valence-electron chi connectivity index (χ1n) is 9.04. The Hall–Kier alpha value is -2.19. The molecular weight excluding hydrogens is 398 g/mol. The van der Waals surface area contributed by atoms with Gasteiger partial charge in [0.05, 0.1) is 20.9 Å². The summed E-state index contributed by atoms with van der Waals surface area (Å²) in [6.45, 7) is 2.13. The number of aliphatic hydroxyl groups is 2. The number of fused-ring (bicyclic) bond motifs is 1. The number of halogens is 1. The molecule has 2 unspecified atom stereocenters. The number of aliphatic hydroxyl groups excluding tert-OH is 2. The molecule has 0 bridgehead atoms. The summed E-state index contributed by atoms with van der Waals surface area (Å²) in [5, 5.41) is 21.9. The van der Waals surface area contributed by atoms with Gasteiger partial charge >= 0.3 is 0 Å². The lowest BCUT2D eigenvalue weighted by Crippen LogP contribution is -2.52. The number of anilines is 1. The molecule has 1 fully saturated rings. The van der Waals surface area contributed by atoms with Gasteiger partial charge in [0.2, 0.25) is 0 Å². The first-order chi connectivity index (χ1) is 13.5. The minimum Gasteiger partial charge on any atom is -0.383 e. The molecule has 28 heavy (non-hydrogen) atoms. The fourth-order valence-corrected chi connectivity index (χ4v) is 4.59. The van der Waals surface area contributed by atoms with Crippen LogP contribution in [0.3, 0.4) is 0 Å². The number of rotatable bonds is 4. The Bertz CT molecular complexity index is 954. The van der Waals surface area contributed by atoms with Gasteiger partial charge in [0, 0.05) is 26.2 Å². The summed E-state index contributed by atoms with van der Waals surface area (Å²) >= 11 is 7.53. The van der Waals surface area contributed by atoms with Crippen molar-refractivity contribution in [3.8, 4) is 0 Å². The highest BCUT2D eigenvalue weighted by Crippen LogP contribution is 2.29. The molecule has 146 valence electrons. The zero-order valence-electron chi connectivity index (χ0n) is 15.0. The van der Waals surface area contributed by atoms with Gasteiger partial charge in [-0.25, -0.2) is 4.98 Å². The van der Waals surface area contributed by atoms with Gasteiger partial charge < -0.3 is 20.0 Å². The molecule has 0 spiro atoms. The van der Waals surface area contributed by atoms with Crippen LogP contribution in [0.1, 0.15) is 11.1 Å². The molecule has 6 nitrogen and oxygen atoms in total. The van der Waals surface area contributed by atoms with Crippen molar-refractivity contribution in [1.82, 2.24) is 9.88 Å². The molecule has 2 atom stereocenters. The number of hydrogen-bond donors (Lipinski definition) is 2. The first-order valence-corrected chi connectivity index (χ1v) is 10.2. The van der Waals surface area contributed by atoms with Crippen LogP contribution in [0.15, 0.2) is 48.5 Å². The van der Waals surface area contributed by atoms with Gasteiger partial charge in [-0.3, -0.25) is 4.79 Å². The van der Waals surface area contributed by atoms with Crippen molar-refractivity contribution >= 4 is 44.7 Å². The van der Waals surface area contributed by atoms with Crippen molar-refractivity contribution in [1.29, 1.82) is 0 Å². The highest BCUT2D eigenvalue weighted by atomic mass is 35.5. The van der Waals surface area contributed by atoms with Crippen LogP contribution in [0.5, 0.6) is 0 Å². The van der Waals surface area contributed by atoms with Crippen LogP contribution >= 0.6 is 22.9 Å². The minimum absolute atomic E-state index is 0.344. The summed E-state index contributed by atoms with van der Waals surface area (Å²) in [5.41, 5.74) is 1.68. The summed E-state index contributed by atoms with van der Waals surface area (Å²) in [6, 6.07) is 15.1. The Labute approximate surface area is 171 Å². The molecule has 0 radical (unpaired) electrons. The van der Waals surface area contributed by atoms with E-state index in [-0.39, 0.29) is 0 Å². The molecular formula is C20H20ClN3O3S. The van der Waals surface area contributed by atoms with E-state index in [4.69, 9.17) is 11.6 Å². The number of carbonyl (C=O) groups excluding carboxylic acids is 1. The van der Waals surface area contributed by atoms with E-state index >= 15 is 0 Å². The number of thiazole rings is 1. The Balaban J connectivity index is 1.41. The zero-order chi connectivity index (χ0) is 19.7. The minimum atomic E-state index is -1.53. The van der Waals surface area contributed by atoms with Crippen LogP contribution in [-0.4, -0.2) is 58.3 Å². The van der Waals surface area contributed by atoms with Crippen molar-refractivity contribution in [2.45, 2.75) is 12.2 Å². The summed E-state index contributed by atoms with van der Waals surface area (Å²) in [4.78, 5) is 20.7. The highest BCUT2D eigenvalue weighted by molar-refractivity contribution is 7.18. The standard InChI is InChI=1S/C20H20ClN3O3S/c21-13-5-1-3-7-15(13)23-9-11-24(12-10-23)20(27)18(26)17(25)19-22-14-6-2-4-8-16(14)28-19/h1-8,17-18,25-26H,9-12H2. The van der Waals surface area contributed by atoms with Crippen LogP contribution in [-0.2, 0) is 4.79 Å². The van der Waals surface area contributed by atoms with Crippen molar-refractivity contribution < 1.29 is 15.0 Å². The molecule has 3 aromatic rings. The quantitative estimate of drug-likeness (QED) is 0.682. The molecule has 2 aromatic carbocycles. The summed E-state index contributed by atoms with van der Waals surface area (Å²) in [6.07, 6.45) is -2.88. The van der Waals surface area contributed by atoms with E-state index in [0.29, 0.717) is 36.2 Å². The molecule has 2 heterocycles. The van der Waals surface area contributed by atoms with Crippen LogP contribution in [0, 0.1) is 0 Å². The first kappa shape index (κ1) is 19.1. The van der Waals surface area contributed by atoms with Gasteiger partial charge in [-0.1, -0.05) is 35.9 Å². The second-order valence-electron chi connectivity index (χ2n) is 6.67. The van der Waals surface area contributed by atoms with Crippen molar-refractivity contribution in [3.63, 3.8) is 0 Å². The van der Waals surface area contributed by atoms with E-state index in [1.807, 2.05) is 48.5 Å². The summed E-state index contributed by atoms with van der Waals surface area (Å²) in [7, 11) is 0. The molecule has 1 aliphatic rings. The predicted molar refractivity (Wildman–Crippen MR) is 111 cm³/mol. The monoisotopic (exact) mass is 417 g/mol. The molecule has 4 rings (SSSR count). The second kappa shape index (κ2) is 8.05. The fourth-order valence-electron chi connectivity index (χ4n) is 3.35. The number of para-hydroxylation sites is 2. The van der Waals surface area contributed by atoms with Crippen molar-refractivity contribution in [2.75, 3.05) is 31.1 Å². The van der Waals surface area contributed by atoms with Gasteiger partial charge in [-0.15, -0.1) is 11.3 Å². The highest BCUT2D eigenvalue weighted by Gasteiger charge is 2.33. The van der Waals surface area contributed by atoms with Crippen LogP contribution in [0.25, 0.3) is 10.2 Å². The van der Waals surface area contributed by atoms with E-state index < -0.39 is 18.1 Å². The average molecular weight is 418 g/mol. The molecule has 8 heteroatoms. The van der Waals surface area contributed by atoms with Crippen LogP contribution in [0.4, 0.5) is 5.69 Å². The topological polar surface area (TPSA) is 76.9 Å². The van der Waals surface area contributed by atoms with Crippen molar-refractivity contribution in [2.24, 2.45) is 0 Å². The lowest BCUT2D eigenvalue weighted by atomic mass is 10.1. The van der Waals surface area contributed by atoms with Crippen LogP contribution in [0.2, 0.25) is 5.02 Å². The maximum absolute atomic E-state index is 12.7. The Morgan fingerprint density at radius 1 is 1.04 bits per heavy atom. The second-order valence-corrected chi connectivity index (χ2v) is 8.14. The predicted octanol–water partition coefficient (Wildman–Crippen LogP) is 2.69. The summed E-state index contributed by atoms with van der Waals surface area (Å²) < 4.78 is 0.907. The number of nitrogens with zero attached hydrogens (tertiary/aromatic N) is 3. The Kier molecular flexibility index (Phi) is 5.50. The molecule has 0 aliphatic carbocycles. The zero-order valence-corrected chi connectivity index (χ0v) is 16.6. The maximum atomic E-state index is 12.7. The molecule has 0 saturated carbocycles. The number of amides is 1. The normalized spacial score (nSPS) is 17.0. The lowest BCUT2D eigenvalue weighted by Gasteiger charge is -2.37. The average Bonchev–Trinajstić information content (AvgIpc) is 3.17. The van der Waals surface area contributed by atoms with E-state index in [2.05, 4.69) is 9.88 Å². The van der Waals surface area contributed by atoms with Gasteiger partial charge in [0.1, 0.15) is 11.1 Å². The lowest BCUT2D eigenvalue weighted by molar-refractivity contribution is -0.146. The molecule has 1 aromatic heterocycles. The van der Waals surface area contributed by atoms with E-state index in [1.54, 1.807) is 4.90 Å². The molecule has 1 saturated heterocycles. The maximum Gasteiger partial charge on any atom is 0.254 e. The number of hydrogen-bond acceptors (Lipinski definition) is 6. The molecule has 2 N–H and O–H groups in total. The fraction of sp³-hybridized carbons (Fsp3) is 0.300.